The molecule has 6 aromatic carbocycles. The number of rotatable bonds is 2. The zero-order valence-corrected chi connectivity index (χ0v) is 22.1. The standard InChI is InChI=1S/C36H23BN2O2/c1-2-12-24(13-3-1)38-28-17-7-4-14-25(28)35-30(38)22-23-34-36(35)39(29-18-8-11-21-33(29)41-34)37-26-15-5-9-19-31(26)40-32-20-10-6-16-27(32)37/h1-23H. The van der Waals surface area contributed by atoms with E-state index in [1.807, 2.05) is 18.2 Å². The van der Waals surface area contributed by atoms with E-state index in [2.05, 4.69) is 131 Å². The molecule has 0 saturated heterocycles. The van der Waals surface area contributed by atoms with Gasteiger partial charge in [0.25, 0.3) is 0 Å². The average molecular weight is 526 g/mol. The third-order valence-corrected chi connectivity index (χ3v) is 8.28. The summed E-state index contributed by atoms with van der Waals surface area (Å²) in [6.07, 6.45) is 0. The lowest BCUT2D eigenvalue weighted by molar-refractivity contribution is 0.478. The number of nitrogens with zero attached hydrogens (tertiary/aromatic N) is 2. The minimum absolute atomic E-state index is 0.121. The molecule has 0 unspecified atom stereocenters. The van der Waals surface area contributed by atoms with Crippen LogP contribution in [0.3, 0.4) is 0 Å². The van der Waals surface area contributed by atoms with Crippen molar-refractivity contribution in [1.82, 2.24) is 4.57 Å². The van der Waals surface area contributed by atoms with Gasteiger partial charge in [-0.2, -0.15) is 0 Å². The third kappa shape index (κ3) is 3.17. The van der Waals surface area contributed by atoms with Gasteiger partial charge in [-0.1, -0.05) is 84.9 Å². The van der Waals surface area contributed by atoms with Crippen LogP contribution in [0.2, 0.25) is 0 Å². The molecule has 5 heteroatoms. The number of ether oxygens (including phenoxy) is 2. The van der Waals surface area contributed by atoms with Gasteiger partial charge in [-0.3, -0.25) is 0 Å². The molecule has 0 N–H and O–H groups in total. The molecule has 0 bridgehead atoms. The van der Waals surface area contributed by atoms with Crippen LogP contribution in [0.1, 0.15) is 0 Å². The quantitative estimate of drug-likeness (QED) is 0.214. The molecule has 0 saturated carbocycles. The lowest BCUT2D eigenvalue weighted by Gasteiger charge is -2.40. The van der Waals surface area contributed by atoms with E-state index in [0.29, 0.717) is 0 Å². The van der Waals surface area contributed by atoms with E-state index in [1.54, 1.807) is 0 Å². The van der Waals surface area contributed by atoms with E-state index < -0.39 is 0 Å². The van der Waals surface area contributed by atoms with E-state index >= 15 is 0 Å². The van der Waals surface area contributed by atoms with Crippen molar-refractivity contribution in [2.75, 3.05) is 4.81 Å². The molecule has 0 fully saturated rings. The summed E-state index contributed by atoms with van der Waals surface area (Å²) in [4.78, 5) is 2.47. The smallest absolute Gasteiger partial charge is 0.335 e. The summed E-state index contributed by atoms with van der Waals surface area (Å²) in [5, 5.41) is 2.35. The first-order chi connectivity index (χ1) is 20.4. The third-order valence-electron chi connectivity index (χ3n) is 8.28. The minimum atomic E-state index is -0.121. The van der Waals surface area contributed by atoms with E-state index in [0.717, 1.165) is 67.4 Å². The molecule has 2 aliphatic rings. The number of benzene rings is 6. The maximum Gasteiger partial charge on any atom is 0.335 e. The molecule has 0 aliphatic carbocycles. The Balaban J connectivity index is 1.43. The van der Waals surface area contributed by atoms with Gasteiger partial charge in [-0.05, 0) is 65.5 Å². The summed E-state index contributed by atoms with van der Waals surface area (Å²) in [5.74, 6) is 3.43. The highest BCUT2D eigenvalue weighted by atomic mass is 16.5. The predicted molar refractivity (Wildman–Crippen MR) is 167 cm³/mol. The zero-order valence-electron chi connectivity index (χ0n) is 22.1. The van der Waals surface area contributed by atoms with Gasteiger partial charge in [0, 0.05) is 16.5 Å². The van der Waals surface area contributed by atoms with Crippen LogP contribution in [0.5, 0.6) is 23.0 Å². The number of para-hydroxylation sites is 6. The highest BCUT2D eigenvalue weighted by molar-refractivity contribution is 6.91. The number of hydrogen-bond donors (Lipinski definition) is 0. The molecule has 3 heterocycles. The lowest BCUT2D eigenvalue weighted by atomic mass is 9.47. The summed E-state index contributed by atoms with van der Waals surface area (Å²) in [6, 6.07) is 48.7. The second kappa shape index (κ2) is 8.54. The molecule has 4 nitrogen and oxygen atoms in total. The fourth-order valence-electron chi connectivity index (χ4n) is 6.61. The Labute approximate surface area is 237 Å². The fraction of sp³-hybridized carbons (Fsp3) is 0. The van der Waals surface area contributed by atoms with Crippen molar-refractivity contribution in [3.05, 3.63) is 140 Å². The number of hydrogen-bond acceptors (Lipinski definition) is 3. The average Bonchev–Trinajstić information content (AvgIpc) is 3.38. The highest BCUT2D eigenvalue weighted by Gasteiger charge is 2.42. The molecule has 41 heavy (non-hydrogen) atoms. The monoisotopic (exact) mass is 526 g/mol. The minimum Gasteiger partial charge on any atom is -0.458 e. The Kier molecular flexibility index (Phi) is 4.67. The van der Waals surface area contributed by atoms with Crippen molar-refractivity contribution >= 4 is 51.0 Å². The van der Waals surface area contributed by atoms with Crippen LogP contribution in [0.4, 0.5) is 11.4 Å². The van der Waals surface area contributed by atoms with Crippen molar-refractivity contribution in [2.45, 2.75) is 0 Å². The highest BCUT2D eigenvalue weighted by Crippen LogP contribution is 2.53. The topological polar surface area (TPSA) is 26.6 Å². The Hall–Kier alpha value is -5.42. The maximum atomic E-state index is 6.66. The molecule has 0 radical (unpaired) electrons. The number of fused-ring (bicyclic) bond motifs is 8. The van der Waals surface area contributed by atoms with Gasteiger partial charge in [-0.15, -0.1) is 0 Å². The second-order valence-corrected chi connectivity index (χ2v) is 10.5. The summed E-state index contributed by atoms with van der Waals surface area (Å²) in [6.45, 7) is -0.121. The van der Waals surface area contributed by atoms with Gasteiger partial charge in [0.1, 0.15) is 17.2 Å². The predicted octanol–water partition coefficient (Wildman–Crippen LogP) is 7.94. The molecule has 1 aromatic heterocycles. The Morgan fingerprint density at radius 1 is 0.463 bits per heavy atom. The summed E-state index contributed by atoms with van der Waals surface area (Å²) < 4.78 is 15.5. The first-order valence-electron chi connectivity index (χ1n) is 13.9. The molecule has 7 aromatic rings. The summed E-state index contributed by atoms with van der Waals surface area (Å²) in [5.41, 5.74) is 7.76. The van der Waals surface area contributed by atoms with Crippen LogP contribution in [0, 0.1) is 0 Å². The number of aromatic nitrogens is 1. The van der Waals surface area contributed by atoms with E-state index in [1.165, 1.54) is 5.39 Å². The molecule has 9 rings (SSSR count). The van der Waals surface area contributed by atoms with E-state index in [4.69, 9.17) is 9.47 Å². The molecular formula is C36H23BN2O2. The molecule has 192 valence electrons. The van der Waals surface area contributed by atoms with Crippen molar-refractivity contribution < 1.29 is 9.47 Å². The zero-order chi connectivity index (χ0) is 26.9. The van der Waals surface area contributed by atoms with Crippen LogP contribution in [0.25, 0.3) is 27.5 Å². The van der Waals surface area contributed by atoms with Crippen LogP contribution < -0.4 is 25.2 Å². The van der Waals surface area contributed by atoms with Crippen LogP contribution in [0.15, 0.2) is 140 Å². The van der Waals surface area contributed by atoms with Gasteiger partial charge in [0.2, 0.25) is 0 Å². The van der Waals surface area contributed by atoms with Crippen molar-refractivity contribution in [3.8, 4) is 28.7 Å². The van der Waals surface area contributed by atoms with E-state index in [9.17, 15) is 0 Å². The SMILES string of the molecule is c1ccc(-n2c3ccccc3c3c4c(ccc32)Oc2ccccc2N4B2c3ccccc3Oc3ccccc32)cc1. The van der Waals surface area contributed by atoms with E-state index in [-0.39, 0.29) is 6.85 Å². The normalized spacial score (nSPS) is 13.2. The van der Waals surface area contributed by atoms with Gasteiger partial charge in [0.15, 0.2) is 5.75 Å². The van der Waals surface area contributed by atoms with Crippen molar-refractivity contribution in [3.63, 3.8) is 0 Å². The maximum absolute atomic E-state index is 6.66. The first-order valence-corrected chi connectivity index (χ1v) is 13.9. The first kappa shape index (κ1) is 22.4. The van der Waals surface area contributed by atoms with Crippen molar-refractivity contribution in [2.24, 2.45) is 0 Å². The van der Waals surface area contributed by atoms with Crippen molar-refractivity contribution in [1.29, 1.82) is 0 Å². The molecule has 0 amide bonds. The molecule has 2 aliphatic heterocycles. The van der Waals surface area contributed by atoms with Gasteiger partial charge in [-0.25, -0.2) is 0 Å². The Morgan fingerprint density at radius 3 is 1.85 bits per heavy atom. The lowest BCUT2D eigenvalue weighted by Crippen LogP contribution is -2.57. The fourth-order valence-corrected chi connectivity index (χ4v) is 6.61. The molecule has 0 atom stereocenters. The van der Waals surface area contributed by atoms with Gasteiger partial charge in [0.05, 0.1) is 22.4 Å². The Morgan fingerprint density at radius 2 is 1.07 bits per heavy atom. The Bertz CT molecular complexity index is 2090. The largest absolute Gasteiger partial charge is 0.458 e. The number of anilines is 2. The van der Waals surface area contributed by atoms with Gasteiger partial charge < -0.3 is 18.9 Å². The second-order valence-electron chi connectivity index (χ2n) is 10.5. The van der Waals surface area contributed by atoms with Gasteiger partial charge >= 0.3 is 6.85 Å². The summed E-state index contributed by atoms with van der Waals surface area (Å²) in [7, 11) is 0. The molecular weight excluding hydrogens is 503 g/mol. The molecule has 0 spiro atoms. The van der Waals surface area contributed by atoms with Crippen LogP contribution >= 0.6 is 0 Å². The van der Waals surface area contributed by atoms with Crippen LogP contribution in [-0.2, 0) is 0 Å². The summed E-state index contributed by atoms with van der Waals surface area (Å²) >= 11 is 0. The van der Waals surface area contributed by atoms with Crippen LogP contribution in [-0.4, -0.2) is 11.4 Å².